The van der Waals surface area contributed by atoms with Crippen LogP contribution in [-0.4, -0.2) is 28.3 Å². The van der Waals surface area contributed by atoms with E-state index in [0.29, 0.717) is 4.90 Å². The first-order valence-electron chi connectivity index (χ1n) is 11.8. The lowest BCUT2D eigenvalue weighted by Crippen LogP contribution is -2.39. The molecule has 1 aromatic heterocycles. The minimum absolute atomic E-state index is 0.0136. The second kappa shape index (κ2) is 11.6. The molecule has 1 unspecified atom stereocenters. The maximum absolute atomic E-state index is 13.1. The molecule has 6 nitrogen and oxygen atoms in total. The van der Waals surface area contributed by atoms with Gasteiger partial charge in [-0.1, -0.05) is 12.1 Å². The van der Waals surface area contributed by atoms with Gasteiger partial charge in [0, 0.05) is 23.7 Å². The topological polar surface area (TPSA) is 80.3 Å². The third kappa shape index (κ3) is 6.52. The van der Waals surface area contributed by atoms with Gasteiger partial charge in [0.25, 0.3) is 0 Å². The summed E-state index contributed by atoms with van der Waals surface area (Å²) in [5.74, 6) is 0.430. The molecule has 1 fully saturated rings. The molecule has 0 aliphatic heterocycles. The molecule has 2 aromatic carbocycles. The van der Waals surface area contributed by atoms with Crippen LogP contribution in [0.25, 0.3) is 11.3 Å². The molecule has 2 atom stereocenters. The van der Waals surface area contributed by atoms with Gasteiger partial charge in [0.05, 0.1) is 23.7 Å². The number of carbonyl (C=O) groups is 1. The number of amides is 1. The van der Waals surface area contributed by atoms with E-state index < -0.39 is 11.0 Å². The van der Waals surface area contributed by atoms with Crippen LogP contribution < -0.4 is 14.8 Å². The highest BCUT2D eigenvalue weighted by molar-refractivity contribution is 7.83. The van der Waals surface area contributed by atoms with E-state index in [9.17, 15) is 13.4 Å². The molecule has 1 amide bonds. The summed E-state index contributed by atoms with van der Waals surface area (Å²) < 4.78 is 34.3. The summed E-state index contributed by atoms with van der Waals surface area (Å²) in [6.45, 7) is 1.90. The molecule has 2 N–H and O–H groups in total. The maximum atomic E-state index is 13.1. The summed E-state index contributed by atoms with van der Waals surface area (Å²) in [4.78, 5) is 17.8. The fraction of sp³-hybridized carbons (Fsp3) is 0.333. The van der Waals surface area contributed by atoms with Crippen molar-refractivity contribution < 1.29 is 18.1 Å². The molecule has 8 heteroatoms. The number of halogens is 1. The average Bonchev–Trinajstić information content (AvgIpc) is 2.89. The quantitative estimate of drug-likeness (QED) is 0.464. The van der Waals surface area contributed by atoms with Crippen molar-refractivity contribution in [2.24, 2.45) is 5.92 Å². The van der Waals surface area contributed by atoms with Crippen molar-refractivity contribution in [1.82, 2.24) is 15.0 Å². The molecule has 184 valence electrons. The molecule has 1 heterocycles. The predicted octanol–water partition coefficient (Wildman–Crippen LogP) is 4.94. The summed E-state index contributed by atoms with van der Waals surface area (Å²) in [6.07, 6.45) is 4.63. The zero-order valence-electron chi connectivity index (χ0n) is 19.9. The highest BCUT2D eigenvalue weighted by atomic mass is 32.2. The lowest BCUT2D eigenvalue weighted by Gasteiger charge is -2.29. The minimum Gasteiger partial charge on any atom is -0.497 e. The van der Waals surface area contributed by atoms with Crippen LogP contribution in [0.15, 0.2) is 71.8 Å². The van der Waals surface area contributed by atoms with E-state index in [1.165, 1.54) is 12.1 Å². The summed E-state index contributed by atoms with van der Waals surface area (Å²) in [5.41, 5.74) is 2.63. The molecule has 0 spiro atoms. The van der Waals surface area contributed by atoms with E-state index in [1.807, 2.05) is 43.3 Å². The number of ether oxygens (including phenoxy) is 1. The zero-order chi connectivity index (χ0) is 24.8. The third-order valence-electron chi connectivity index (χ3n) is 6.44. The number of hydrogen-bond donors (Lipinski definition) is 2. The third-order valence-corrected chi connectivity index (χ3v) is 7.65. The smallest absolute Gasteiger partial charge is 0.223 e. The van der Waals surface area contributed by atoms with E-state index in [2.05, 4.69) is 15.0 Å². The molecule has 0 bridgehead atoms. The van der Waals surface area contributed by atoms with E-state index in [0.717, 1.165) is 48.3 Å². The van der Waals surface area contributed by atoms with E-state index in [-0.39, 0.29) is 29.7 Å². The summed E-state index contributed by atoms with van der Waals surface area (Å²) >= 11 is 0. The average molecular weight is 496 g/mol. The predicted molar refractivity (Wildman–Crippen MR) is 134 cm³/mol. The highest BCUT2D eigenvalue weighted by Crippen LogP contribution is 2.27. The molecule has 4 rings (SSSR count). The van der Waals surface area contributed by atoms with Crippen LogP contribution in [-0.2, 0) is 15.8 Å². The van der Waals surface area contributed by atoms with Crippen molar-refractivity contribution in [3.63, 3.8) is 0 Å². The lowest BCUT2D eigenvalue weighted by atomic mass is 9.85. The number of rotatable bonds is 8. The monoisotopic (exact) mass is 495 g/mol. The van der Waals surface area contributed by atoms with Gasteiger partial charge in [-0.05, 0) is 86.7 Å². The van der Waals surface area contributed by atoms with Crippen LogP contribution >= 0.6 is 0 Å². The summed E-state index contributed by atoms with van der Waals surface area (Å²) in [6, 6.07) is 17.4. The number of methoxy groups -OCH3 is 1. The number of aromatic nitrogens is 1. The van der Waals surface area contributed by atoms with Gasteiger partial charge in [-0.2, -0.15) is 0 Å². The molecule has 0 saturated heterocycles. The lowest BCUT2D eigenvalue weighted by molar-refractivity contribution is -0.126. The SMILES string of the molecule is COc1ccc(-c2ccc(S(=O)NC3CCC(C(=O)N[C@H](C)c4ccc(F)cc4)CC3)cn2)cc1. The van der Waals surface area contributed by atoms with E-state index in [4.69, 9.17) is 4.74 Å². The molecule has 1 aliphatic carbocycles. The van der Waals surface area contributed by atoms with Crippen LogP contribution in [0.1, 0.15) is 44.2 Å². The van der Waals surface area contributed by atoms with Crippen molar-refractivity contribution in [3.8, 4) is 17.0 Å². The van der Waals surface area contributed by atoms with Crippen LogP contribution in [0.3, 0.4) is 0 Å². The van der Waals surface area contributed by atoms with Gasteiger partial charge in [-0.25, -0.2) is 13.3 Å². The van der Waals surface area contributed by atoms with Gasteiger partial charge in [-0.3, -0.25) is 9.78 Å². The van der Waals surface area contributed by atoms with Gasteiger partial charge in [-0.15, -0.1) is 0 Å². The molecule has 1 saturated carbocycles. The van der Waals surface area contributed by atoms with E-state index in [1.54, 1.807) is 25.4 Å². The van der Waals surface area contributed by atoms with Crippen molar-refractivity contribution in [1.29, 1.82) is 0 Å². The van der Waals surface area contributed by atoms with Crippen LogP contribution in [0.2, 0.25) is 0 Å². The first-order chi connectivity index (χ1) is 16.9. The Bertz CT molecular complexity index is 1150. The molecule has 35 heavy (non-hydrogen) atoms. The van der Waals surface area contributed by atoms with E-state index >= 15 is 0 Å². The molecule has 0 radical (unpaired) electrons. The molecular weight excluding hydrogens is 465 g/mol. The maximum Gasteiger partial charge on any atom is 0.223 e. The fourth-order valence-electron chi connectivity index (χ4n) is 4.28. The Labute approximate surface area is 207 Å². The fourth-order valence-corrected chi connectivity index (χ4v) is 5.30. The number of benzene rings is 2. The van der Waals surface area contributed by atoms with Crippen molar-refractivity contribution in [2.45, 2.75) is 49.6 Å². The van der Waals surface area contributed by atoms with Crippen LogP contribution in [0.5, 0.6) is 5.75 Å². The normalized spacial score (nSPS) is 19.5. The van der Waals surface area contributed by atoms with Gasteiger partial charge in [0.2, 0.25) is 5.91 Å². The second-order valence-corrected chi connectivity index (χ2v) is 10.1. The summed E-state index contributed by atoms with van der Waals surface area (Å²) in [5, 5.41) is 3.03. The Morgan fingerprint density at radius 2 is 1.71 bits per heavy atom. The number of hydrogen-bond acceptors (Lipinski definition) is 4. The van der Waals surface area contributed by atoms with Crippen LogP contribution in [0, 0.1) is 11.7 Å². The van der Waals surface area contributed by atoms with Gasteiger partial charge < -0.3 is 10.1 Å². The Morgan fingerprint density at radius 3 is 2.31 bits per heavy atom. The highest BCUT2D eigenvalue weighted by Gasteiger charge is 2.28. The zero-order valence-corrected chi connectivity index (χ0v) is 20.7. The molecule has 3 aromatic rings. The Kier molecular flexibility index (Phi) is 8.25. The van der Waals surface area contributed by atoms with Crippen molar-refractivity contribution >= 4 is 16.9 Å². The number of nitrogens with zero attached hydrogens (tertiary/aromatic N) is 1. The van der Waals surface area contributed by atoms with Gasteiger partial charge in [0.15, 0.2) is 0 Å². The van der Waals surface area contributed by atoms with Gasteiger partial charge in [0.1, 0.15) is 22.6 Å². The minimum atomic E-state index is -1.37. The summed E-state index contributed by atoms with van der Waals surface area (Å²) in [7, 11) is 0.255. The number of carbonyl (C=O) groups excluding carboxylic acids is 1. The van der Waals surface area contributed by atoms with Crippen molar-refractivity contribution in [2.75, 3.05) is 7.11 Å². The molecule has 1 aliphatic rings. The Balaban J connectivity index is 1.25. The Morgan fingerprint density at radius 1 is 1.03 bits per heavy atom. The second-order valence-electron chi connectivity index (χ2n) is 8.82. The first-order valence-corrected chi connectivity index (χ1v) is 12.9. The number of pyridine rings is 1. The molecular formula is C27H30FN3O3S. The van der Waals surface area contributed by atoms with Crippen molar-refractivity contribution in [3.05, 3.63) is 78.2 Å². The Hall–Kier alpha value is -3.10. The van der Waals surface area contributed by atoms with Crippen LogP contribution in [0.4, 0.5) is 4.39 Å². The largest absolute Gasteiger partial charge is 0.497 e. The standard InChI is InChI=1S/C27H30FN3O3S/c1-18(19-3-9-22(28)10-4-19)30-27(32)21-5-11-23(12-6-21)31-35(33)25-15-16-26(29-17-25)20-7-13-24(34-2)14-8-20/h3-4,7-10,13-18,21,23,31H,5-6,11-12H2,1-2H3,(H,30,32)/t18-,21?,23?,35?/m1/s1. The first kappa shape index (κ1) is 25.0. The van der Waals surface area contributed by atoms with Gasteiger partial charge >= 0.3 is 0 Å². The number of nitrogens with one attached hydrogen (secondary N) is 2.